The monoisotopic (exact) mass is 405 g/mol. The van der Waals surface area contributed by atoms with Crippen LogP contribution in [0.4, 0.5) is 14.5 Å². The van der Waals surface area contributed by atoms with Crippen molar-refractivity contribution in [1.82, 2.24) is 5.32 Å². The van der Waals surface area contributed by atoms with Crippen LogP contribution < -0.4 is 16.0 Å². The first-order valence-electron chi connectivity index (χ1n) is 9.02. The standard InChI is InChI=1S/C20H21F2N3O4/c21-14-8-12(9-15(22)11-14)4-6-24-18(27)20(29)5-7-25(19(20)28)16-3-1-2-13(10-16)17(23)26/h1-3,8-11,17,26,29H,4-7,23H2,(H,24,27). The Labute approximate surface area is 165 Å². The molecule has 0 aromatic heterocycles. The molecular weight excluding hydrogens is 384 g/mol. The zero-order valence-corrected chi connectivity index (χ0v) is 15.4. The smallest absolute Gasteiger partial charge is 0.268 e. The van der Waals surface area contributed by atoms with E-state index >= 15 is 0 Å². The van der Waals surface area contributed by atoms with Crippen LogP contribution in [0.25, 0.3) is 0 Å². The molecular formula is C20H21F2N3O4. The highest BCUT2D eigenvalue weighted by atomic mass is 19.1. The number of rotatable bonds is 6. The molecule has 154 valence electrons. The molecule has 1 saturated heterocycles. The minimum Gasteiger partial charge on any atom is -0.375 e. The Morgan fingerprint density at radius 3 is 2.59 bits per heavy atom. The number of nitrogens with one attached hydrogen (secondary N) is 1. The van der Waals surface area contributed by atoms with Crippen LogP contribution in [0.1, 0.15) is 23.8 Å². The number of benzene rings is 2. The van der Waals surface area contributed by atoms with Gasteiger partial charge in [-0.3, -0.25) is 9.59 Å². The summed E-state index contributed by atoms with van der Waals surface area (Å²) in [4.78, 5) is 26.4. The molecule has 7 nitrogen and oxygen atoms in total. The van der Waals surface area contributed by atoms with E-state index in [4.69, 9.17) is 5.73 Å². The first-order valence-corrected chi connectivity index (χ1v) is 9.02. The highest BCUT2D eigenvalue weighted by molar-refractivity contribution is 6.16. The van der Waals surface area contributed by atoms with Crippen molar-refractivity contribution in [2.75, 3.05) is 18.0 Å². The van der Waals surface area contributed by atoms with Gasteiger partial charge in [0, 0.05) is 31.3 Å². The number of nitrogens with two attached hydrogens (primary N) is 1. The number of anilines is 1. The van der Waals surface area contributed by atoms with Gasteiger partial charge in [0.15, 0.2) is 0 Å². The maximum Gasteiger partial charge on any atom is 0.268 e. The second kappa shape index (κ2) is 8.24. The van der Waals surface area contributed by atoms with Crippen LogP contribution in [-0.4, -0.2) is 40.7 Å². The fourth-order valence-electron chi connectivity index (χ4n) is 3.26. The van der Waals surface area contributed by atoms with Gasteiger partial charge in [-0.2, -0.15) is 0 Å². The molecule has 2 aromatic carbocycles. The molecule has 0 bridgehead atoms. The number of carbonyl (C=O) groups is 2. The molecule has 9 heteroatoms. The van der Waals surface area contributed by atoms with E-state index in [2.05, 4.69) is 5.32 Å². The number of aliphatic hydroxyl groups excluding tert-OH is 1. The van der Waals surface area contributed by atoms with Gasteiger partial charge < -0.3 is 26.2 Å². The summed E-state index contributed by atoms with van der Waals surface area (Å²) in [5, 5.41) is 22.6. The third-order valence-electron chi connectivity index (χ3n) is 4.82. The van der Waals surface area contributed by atoms with Gasteiger partial charge in [-0.15, -0.1) is 0 Å². The zero-order valence-electron chi connectivity index (χ0n) is 15.4. The third-order valence-corrected chi connectivity index (χ3v) is 4.82. The van der Waals surface area contributed by atoms with Crippen molar-refractivity contribution in [3.8, 4) is 0 Å². The van der Waals surface area contributed by atoms with Crippen molar-refractivity contribution in [3.63, 3.8) is 0 Å². The Kier molecular flexibility index (Phi) is 5.92. The summed E-state index contributed by atoms with van der Waals surface area (Å²) in [6, 6.07) is 9.33. The van der Waals surface area contributed by atoms with Gasteiger partial charge in [-0.1, -0.05) is 12.1 Å². The summed E-state index contributed by atoms with van der Waals surface area (Å²) >= 11 is 0. The van der Waals surface area contributed by atoms with Crippen molar-refractivity contribution in [1.29, 1.82) is 0 Å². The summed E-state index contributed by atoms with van der Waals surface area (Å²) < 4.78 is 26.4. The van der Waals surface area contributed by atoms with Crippen LogP contribution in [0, 0.1) is 11.6 Å². The molecule has 2 unspecified atom stereocenters. The predicted octanol–water partition coefficient (Wildman–Crippen LogP) is 0.741. The van der Waals surface area contributed by atoms with Gasteiger partial charge in [0.1, 0.15) is 17.9 Å². The fourth-order valence-corrected chi connectivity index (χ4v) is 3.26. The van der Waals surface area contributed by atoms with Gasteiger partial charge in [-0.05, 0) is 41.8 Å². The van der Waals surface area contributed by atoms with Crippen molar-refractivity contribution in [2.24, 2.45) is 5.73 Å². The maximum atomic E-state index is 13.2. The molecule has 1 aliphatic rings. The molecule has 5 N–H and O–H groups in total. The van der Waals surface area contributed by atoms with Crippen LogP contribution in [0.2, 0.25) is 0 Å². The van der Waals surface area contributed by atoms with Gasteiger partial charge in [-0.25, -0.2) is 8.78 Å². The summed E-state index contributed by atoms with van der Waals surface area (Å²) in [7, 11) is 0. The second-order valence-corrected chi connectivity index (χ2v) is 6.89. The minimum absolute atomic E-state index is 0.00777. The third kappa shape index (κ3) is 4.42. The van der Waals surface area contributed by atoms with Crippen LogP contribution >= 0.6 is 0 Å². The van der Waals surface area contributed by atoms with E-state index in [1.54, 1.807) is 18.2 Å². The number of carbonyl (C=O) groups excluding carboxylic acids is 2. The Morgan fingerprint density at radius 2 is 1.93 bits per heavy atom. The first-order chi connectivity index (χ1) is 13.7. The fraction of sp³-hybridized carbons (Fsp3) is 0.300. The Hall–Kier alpha value is -2.88. The van der Waals surface area contributed by atoms with E-state index in [0.717, 1.165) is 18.2 Å². The van der Waals surface area contributed by atoms with Gasteiger partial charge >= 0.3 is 0 Å². The van der Waals surface area contributed by atoms with E-state index < -0.39 is 35.3 Å². The normalized spacial score (nSPS) is 20.0. The summed E-state index contributed by atoms with van der Waals surface area (Å²) in [6.45, 7) is 0.0914. The second-order valence-electron chi connectivity index (χ2n) is 6.89. The summed E-state index contributed by atoms with van der Waals surface area (Å²) in [5.74, 6) is -3.12. The largest absolute Gasteiger partial charge is 0.375 e. The topological polar surface area (TPSA) is 116 Å². The number of hydrogen-bond acceptors (Lipinski definition) is 5. The number of amides is 2. The molecule has 0 spiro atoms. The van der Waals surface area contributed by atoms with Crippen molar-refractivity contribution in [3.05, 3.63) is 65.2 Å². The van der Waals surface area contributed by atoms with E-state index in [1.165, 1.54) is 11.0 Å². The minimum atomic E-state index is -2.25. The van der Waals surface area contributed by atoms with E-state index in [9.17, 15) is 28.6 Å². The van der Waals surface area contributed by atoms with Gasteiger partial charge in [0.2, 0.25) is 5.60 Å². The molecule has 1 aliphatic heterocycles. The Balaban J connectivity index is 1.65. The molecule has 2 aromatic rings. The van der Waals surface area contributed by atoms with E-state index in [-0.39, 0.29) is 25.9 Å². The Morgan fingerprint density at radius 1 is 1.24 bits per heavy atom. The highest BCUT2D eigenvalue weighted by Gasteiger charge is 2.51. The lowest BCUT2D eigenvalue weighted by Crippen LogP contribution is -2.52. The molecule has 1 fully saturated rings. The number of aliphatic hydroxyl groups is 2. The lowest BCUT2D eigenvalue weighted by molar-refractivity contribution is -0.149. The maximum absolute atomic E-state index is 13.2. The molecule has 0 aliphatic carbocycles. The molecule has 2 amide bonds. The molecule has 0 radical (unpaired) electrons. The van der Waals surface area contributed by atoms with E-state index in [1.807, 2.05) is 0 Å². The van der Waals surface area contributed by atoms with Crippen LogP contribution in [0.5, 0.6) is 0 Å². The quantitative estimate of drug-likeness (QED) is 0.418. The zero-order chi connectivity index (χ0) is 21.2. The van der Waals surface area contributed by atoms with Crippen LogP contribution in [-0.2, 0) is 16.0 Å². The Bertz CT molecular complexity index is 917. The number of nitrogens with zero attached hydrogens (tertiary/aromatic N) is 1. The predicted molar refractivity (Wildman–Crippen MR) is 101 cm³/mol. The van der Waals surface area contributed by atoms with Gasteiger partial charge in [0.25, 0.3) is 11.8 Å². The summed E-state index contributed by atoms with van der Waals surface area (Å²) in [6.07, 6.45) is -1.21. The van der Waals surface area contributed by atoms with E-state index in [0.29, 0.717) is 16.8 Å². The number of hydrogen-bond donors (Lipinski definition) is 4. The molecule has 1 heterocycles. The first kappa shape index (κ1) is 20.8. The SMILES string of the molecule is NC(O)c1cccc(N2CCC(O)(C(=O)NCCc3cc(F)cc(F)c3)C2=O)c1. The average Bonchev–Trinajstić information content (AvgIpc) is 2.97. The van der Waals surface area contributed by atoms with Crippen molar-refractivity contribution >= 4 is 17.5 Å². The summed E-state index contributed by atoms with van der Waals surface area (Å²) in [5.41, 5.74) is 4.31. The molecule has 0 saturated carbocycles. The lowest BCUT2D eigenvalue weighted by Gasteiger charge is -2.22. The highest BCUT2D eigenvalue weighted by Crippen LogP contribution is 2.29. The lowest BCUT2D eigenvalue weighted by atomic mass is 10.0. The molecule has 2 atom stereocenters. The average molecular weight is 405 g/mol. The van der Waals surface area contributed by atoms with Gasteiger partial charge in [0.05, 0.1) is 0 Å². The van der Waals surface area contributed by atoms with Crippen molar-refractivity contribution < 1.29 is 28.6 Å². The molecule has 3 rings (SSSR count). The van der Waals surface area contributed by atoms with Crippen LogP contribution in [0.15, 0.2) is 42.5 Å². The molecule has 29 heavy (non-hydrogen) atoms. The number of halogens is 2. The van der Waals surface area contributed by atoms with Crippen LogP contribution in [0.3, 0.4) is 0 Å². The van der Waals surface area contributed by atoms with Crippen molar-refractivity contribution in [2.45, 2.75) is 24.7 Å².